The first kappa shape index (κ1) is 37.3. The zero-order valence-corrected chi connectivity index (χ0v) is 35.0. The first-order chi connectivity index (χ1) is 31.7. The third-order valence-corrected chi connectivity index (χ3v) is 12.7. The third kappa shape index (κ3) is 6.52. The highest BCUT2D eigenvalue weighted by Gasteiger charge is 2.21. The van der Waals surface area contributed by atoms with Gasteiger partial charge in [0.05, 0.1) is 5.69 Å². The number of hydrogen-bond donors (Lipinski definition) is 0. The average molecular weight is 816 g/mol. The smallest absolute Gasteiger partial charge is 0.159 e. The van der Waals surface area contributed by atoms with Gasteiger partial charge in [-0.1, -0.05) is 206 Å². The van der Waals surface area contributed by atoms with E-state index in [2.05, 4.69) is 248 Å². The monoisotopic (exact) mass is 815 g/mol. The van der Waals surface area contributed by atoms with Gasteiger partial charge in [0, 0.05) is 22.1 Å². The minimum absolute atomic E-state index is 0.858. The summed E-state index contributed by atoms with van der Waals surface area (Å²) in [6.07, 6.45) is 0. The quantitative estimate of drug-likeness (QED) is 0.142. The summed E-state index contributed by atoms with van der Waals surface area (Å²) in [7, 11) is 0. The molecule has 12 aromatic rings. The molecule has 2 heteroatoms. The molecule has 0 bridgehead atoms. The van der Waals surface area contributed by atoms with E-state index in [1.54, 1.807) is 0 Å². The molecule has 0 N–H and O–H groups in total. The SMILES string of the molecule is c1ccc(-c2ccccc2-c2ccccc2-c2ccccc2-c2ccc(N(c3ccc(-c4ccc5c(ccc6ccccc65)c4)cc3)c3cccc4c3oc3ccccc34)cc2)cc1. The second kappa shape index (κ2) is 15.8. The highest BCUT2D eigenvalue weighted by atomic mass is 16.3. The first-order valence-electron chi connectivity index (χ1n) is 21.9. The lowest BCUT2D eigenvalue weighted by Gasteiger charge is -2.26. The zero-order chi connectivity index (χ0) is 42.4. The Kier molecular flexibility index (Phi) is 9.20. The van der Waals surface area contributed by atoms with E-state index < -0.39 is 0 Å². The van der Waals surface area contributed by atoms with E-state index in [0.29, 0.717) is 0 Å². The highest BCUT2D eigenvalue weighted by Crippen LogP contribution is 2.45. The summed E-state index contributed by atoms with van der Waals surface area (Å²) in [6.45, 7) is 0. The fraction of sp³-hybridized carbons (Fsp3) is 0. The van der Waals surface area contributed by atoms with E-state index in [4.69, 9.17) is 4.42 Å². The van der Waals surface area contributed by atoms with Crippen molar-refractivity contribution in [3.05, 3.63) is 249 Å². The van der Waals surface area contributed by atoms with Gasteiger partial charge in [-0.2, -0.15) is 0 Å². The van der Waals surface area contributed by atoms with Crippen LogP contribution in [-0.2, 0) is 0 Å². The fourth-order valence-corrected chi connectivity index (χ4v) is 9.63. The predicted molar refractivity (Wildman–Crippen MR) is 271 cm³/mol. The van der Waals surface area contributed by atoms with E-state index in [0.717, 1.165) is 44.6 Å². The molecule has 0 aliphatic heterocycles. The van der Waals surface area contributed by atoms with Crippen LogP contribution in [0.1, 0.15) is 0 Å². The van der Waals surface area contributed by atoms with Gasteiger partial charge in [-0.15, -0.1) is 0 Å². The van der Waals surface area contributed by atoms with Crippen molar-refractivity contribution in [3.8, 4) is 55.6 Å². The van der Waals surface area contributed by atoms with Crippen LogP contribution in [0.4, 0.5) is 17.1 Å². The average Bonchev–Trinajstić information content (AvgIpc) is 3.76. The van der Waals surface area contributed by atoms with E-state index in [1.165, 1.54) is 71.6 Å². The molecular formula is C62H41NO. The lowest BCUT2D eigenvalue weighted by atomic mass is 9.87. The summed E-state index contributed by atoms with van der Waals surface area (Å²) in [5, 5.41) is 7.25. The molecule has 0 saturated heterocycles. The highest BCUT2D eigenvalue weighted by molar-refractivity contribution is 6.11. The third-order valence-electron chi connectivity index (χ3n) is 12.7. The Bertz CT molecular complexity index is 3660. The second-order valence-electron chi connectivity index (χ2n) is 16.4. The van der Waals surface area contributed by atoms with Crippen LogP contribution in [0.2, 0.25) is 0 Å². The maximum atomic E-state index is 6.67. The summed E-state index contributed by atoms with van der Waals surface area (Å²) in [4.78, 5) is 2.33. The molecule has 0 aliphatic carbocycles. The van der Waals surface area contributed by atoms with Gasteiger partial charge in [-0.05, 0) is 120 Å². The van der Waals surface area contributed by atoms with Gasteiger partial charge in [0.25, 0.3) is 0 Å². The van der Waals surface area contributed by atoms with Gasteiger partial charge in [-0.3, -0.25) is 0 Å². The van der Waals surface area contributed by atoms with E-state index in [1.807, 2.05) is 6.07 Å². The van der Waals surface area contributed by atoms with E-state index in [-0.39, 0.29) is 0 Å². The number of anilines is 3. The lowest BCUT2D eigenvalue weighted by Crippen LogP contribution is -2.10. The second-order valence-corrected chi connectivity index (χ2v) is 16.4. The van der Waals surface area contributed by atoms with E-state index in [9.17, 15) is 0 Å². The molecule has 0 atom stereocenters. The predicted octanol–water partition coefficient (Wildman–Crippen LogP) is 17.7. The van der Waals surface area contributed by atoms with Crippen LogP contribution in [0.15, 0.2) is 253 Å². The van der Waals surface area contributed by atoms with Gasteiger partial charge in [0.15, 0.2) is 5.58 Å². The van der Waals surface area contributed by atoms with Crippen molar-refractivity contribution in [1.29, 1.82) is 0 Å². The molecule has 0 unspecified atom stereocenters. The number of rotatable bonds is 8. The zero-order valence-electron chi connectivity index (χ0n) is 35.0. The maximum absolute atomic E-state index is 6.67. The molecule has 12 rings (SSSR count). The lowest BCUT2D eigenvalue weighted by molar-refractivity contribution is 0.669. The number of fused-ring (bicyclic) bond motifs is 6. The minimum atomic E-state index is 0.858. The summed E-state index contributed by atoms with van der Waals surface area (Å²) >= 11 is 0. The molecule has 0 aliphatic rings. The Hall–Kier alpha value is -8.46. The number of para-hydroxylation sites is 2. The standard InChI is InChI=1S/C62H41NO/c1-2-15-43(16-3-1)51-19-6-8-21-54(51)56-23-10-11-24-57(56)55-22-9-7-20-52(55)45-33-38-49(39-34-45)63(60-27-14-26-59-58-25-12-13-28-61(58)64-62(59)60)48-36-31-42(32-37-48)46-35-40-53-47(41-46)30-29-44-17-4-5-18-50(44)53/h1-41H. The fourth-order valence-electron chi connectivity index (χ4n) is 9.63. The van der Waals surface area contributed by atoms with Crippen LogP contribution >= 0.6 is 0 Å². The molecule has 1 aromatic heterocycles. The summed E-state index contributed by atoms with van der Waals surface area (Å²) in [6, 6.07) is 89.5. The Morgan fingerprint density at radius 1 is 0.266 bits per heavy atom. The number of benzene rings is 11. The van der Waals surface area contributed by atoms with Crippen LogP contribution in [0, 0.1) is 0 Å². The Balaban J connectivity index is 0.951. The molecule has 300 valence electrons. The van der Waals surface area contributed by atoms with Crippen molar-refractivity contribution in [3.63, 3.8) is 0 Å². The Morgan fingerprint density at radius 3 is 1.41 bits per heavy atom. The molecule has 0 saturated carbocycles. The molecule has 1 heterocycles. The Labute approximate surface area is 372 Å². The molecule has 0 radical (unpaired) electrons. The van der Waals surface area contributed by atoms with Crippen molar-refractivity contribution >= 4 is 60.5 Å². The molecule has 0 fully saturated rings. The Morgan fingerprint density at radius 2 is 0.734 bits per heavy atom. The number of nitrogens with zero attached hydrogens (tertiary/aromatic N) is 1. The van der Waals surface area contributed by atoms with Gasteiger partial charge in [0.2, 0.25) is 0 Å². The minimum Gasteiger partial charge on any atom is -0.454 e. The molecule has 11 aromatic carbocycles. The normalized spacial score (nSPS) is 11.4. The van der Waals surface area contributed by atoms with Crippen LogP contribution in [0.5, 0.6) is 0 Å². The van der Waals surface area contributed by atoms with Crippen molar-refractivity contribution in [2.45, 2.75) is 0 Å². The van der Waals surface area contributed by atoms with Crippen molar-refractivity contribution in [1.82, 2.24) is 0 Å². The number of furan rings is 1. The van der Waals surface area contributed by atoms with Crippen molar-refractivity contribution in [2.24, 2.45) is 0 Å². The molecule has 0 spiro atoms. The molecule has 0 amide bonds. The van der Waals surface area contributed by atoms with E-state index >= 15 is 0 Å². The number of hydrogen-bond acceptors (Lipinski definition) is 2. The van der Waals surface area contributed by atoms with Crippen LogP contribution in [0.25, 0.3) is 99.1 Å². The maximum Gasteiger partial charge on any atom is 0.159 e. The first-order valence-corrected chi connectivity index (χ1v) is 21.9. The summed E-state index contributed by atoms with van der Waals surface area (Å²) < 4.78 is 6.67. The molecule has 2 nitrogen and oxygen atoms in total. The van der Waals surface area contributed by atoms with Crippen molar-refractivity contribution < 1.29 is 4.42 Å². The largest absolute Gasteiger partial charge is 0.454 e. The van der Waals surface area contributed by atoms with Crippen LogP contribution < -0.4 is 4.90 Å². The van der Waals surface area contributed by atoms with Gasteiger partial charge in [-0.25, -0.2) is 0 Å². The van der Waals surface area contributed by atoms with Crippen LogP contribution in [0.3, 0.4) is 0 Å². The van der Waals surface area contributed by atoms with Gasteiger partial charge >= 0.3 is 0 Å². The molecular weight excluding hydrogens is 775 g/mol. The molecule has 64 heavy (non-hydrogen) atoms. The topological polar surface area (TPSA) is 16.4 Å². The van der Waals surface area contributed by atoms with Crippen molar-refractivity contribution in [2.75, 3.05) is 4.90 Å². The van der Waals surface area contributed by atoms with Crippen LogP contribution in [-0.4, -0.2) is 0 Å². The van der Waals surface area contributed by atoms with Gasteiger partial charge in [0.1, 0.15) is 5.58 Å². The summed E-state index contributed by atoms with van der Waals surface area (Å²) in [5.41, 5.74) is 16.7. The van der Waals surface area contributed by atoms with Gasteiger partial charge < -0.3 is 9.32 Å². The summed E-state index contributed by atoms with van der Waals surface area (Å²) in [5.74, 6) is 0.